The summed E-state index contributed by atoms with van der Waals surface area (Å²) in [5.74, 6) is 5.45. The van der Waals surface area contributed by atoms with Crippen LogP contribution in [-0.2, 0) is 14.3 Å². The minimum Gasteiger partial charge on any atom is -0.394 e. The summed E-state index contributed by atoms with van der Waals surface area (Å²) in [7, 11) is 3.46. The number of nitrogens with zero attached hydrogens (tertiary/aromatic N) is 3. The fourth-order valence-corrected chi connectivity index (χ4v) is 2.57. The Hall–Kier alpha value is -2.00. The van der Waals surface area contributed by atoms with Gasteiger partial charge in [-0.25, -0.2) is 4.79 Å². The predicted octanol–water partition coefficient (Wildman–Crippen LogP) is -1.67. The highest BCUT2D eigenvalue weighted by molar-refractivity contribution is 5.48. The van der Waals surface area contributed by atoms with Gasteiger partial charge in [-0.3, -0.25) is 9.40 Å². The number of anilines is 1. The van der Waals surface area contributed by atoms with Crippen molar-refractivity contribution in [2.24, 2.45) is 0 Å². The van der Waals surface area contributed by atoms with Crippen LogP contribution in [0.15, 0.2) is 11.0 Å². The summed E-state index contributed by atoms with van der Waals surface area (Å²) in [6.07, 6.45) is -2.51. The monoisotopic (exact) mass is 368 g/mol. The summed E-state index contributed by atoms with van der Waals surface area (Å²) in [6, 6.07) is 0. The molecule has 4 atom stereocenters. The van der Waals surface area contributed by atoms with Crippen molar-refractivity contribution in [2.75, 3.05) is 39.6 Å². The van der Waals surface area contributed by atoms with Crippen molar-refractivity contribution in [3.63, 3.8) is 0 Å². The standard InChI is InChI=1S/C16H24N4O6/c1-4-5-10-8-20(16(23)18-14(10)17)15-13(12(22)11(9-21)26-15)24-6-7-25-19(2)3/h8,11-13,15,21-22H,6-7,9H2,1-3H3,(H2,17,18,23)/t11-,12?,13?,15-/m1/s1. The molecule has 0 spiro atoms. The van der Waals surface area contributed by atoms with Crippen molar-refractivity contribution in [1.82, 2.24) is 14.6 Å². The number of nitrogen functional groups attached to an aromatic ring is 1. The number of ether oxygens (including phenoxy) is 2. The van der Waals surface area contributed by atoms with E-state index in [2.05, 4.69) is 16.8 Å². The predicted molar refractivity (Wildman–Crippen MR) is 91.8 cm³/mol. The van der Waals surface area contributed by atoms with Gasteiger partial charge in [-0.15, -0.1) is 5.92 Å². The van der Waals surface area contributed by atoms with E-state index in [1.807, 2.05) is 0 Å². The zero-order chi connectivity index (χ0) is 19.3. The van der Waals surface area contributed by atoms with Crippen molar-refractivity contribution < 1.29 is 24.5 Å². The van der Waals surface area contributed by atoms with Gasteiger partial charge in [0.25, 0.3) is 0 Å². The Morgan fingerprint density at radius 1 is 1.46 bits per heavy atom. The highest BCUT2D eigenvalue weighted by atomic mass is 16.7. The number of hydrogen-bond acceptors (Lipinski definition) is 9. The molecule has 0 radical (unpaired) electrons. The lowest BCUT2D eigenvalue weighted by Crippen LogP contribution is -2.39. The highest BCUT2D eigenvalue weighted by Crippen LogP contribution is 2.31. The molecule has 4 N–H and O–H groups in total. The first kappa shape index (κ1) is 20.3. The van der Waals surface area contributed by atoms with Crippen LogP contribution in [0.25, 0.3) is 0 Å². The Morgan fingerprint density at radius 3 is 2.81 bits per heavy atom. The van der Waals surface area contributed by atoms with E-state index in [9.17, 15) is 15.0 Å². The van der Waals surface area contributed by atoms with Gasteiger partial charge in [0.05, 0.1) is 25.4 Å². The second kappa shape index (κ2) is 9.09. The second-order valence-corrected chi connectivity index (χ2v) is 5.82. The number of rotatable bonds is 7. The van der Waals surface area contributed by atoms with Gasteiger partial charge in [-0.1, -0.05) is 5.92 Å². The van der Waals surface area contributed by atoms with E-state index in [0.717, 1.165) is 4.57 Å². The van der Waals surface area contributed by atoms with Crippen molar-refractivity contribution in [3.05, 3.63) is 22.2 Å². The summed E-state index contributed by atoms with van der Waals surface area (Å²) >= 11 is 0. The molecule has 1 aromatic rings. The number of hydroxylamine groups is 2. The molecule has 1 fully saturated rings. The van der Waals surface area contributed by atoms with E-state index in [4.69, 9.17) is 20.0 Å². The molecule has 0 amide bonds. The van der Waals surface area contributed by atoms with E-state index in [1.54, 1.807) is 21.0 Å². The van der Waals surface area contributed by atoms with Crippen LogP contribution in [0.4, 0.5) is 5.82 Å². The summed E-state index contributed by atoms with van der Waals surface area (Å²) in [5, 5.41) is 21.3. The molecular weight excluding hydrogens is 344 g/mol. The fourth-order valence-electron chi connectivity index (χ4n) is 2.57. The van der Waals surface area contributed by atoms with Gasteiger partial charge < -0.3 is 25.4 Å². The van der Waals surface area contributed by atoms with Gasteiger partial charge in [0.1, 0.15) is 24.1 Å². The number of hydrogen-bond donors (Lipinski definition) is 3. The van der Waals surface area contributed by atoms with Crippen molar-refractivity contribution in [2.45, 2.75) is 31.5 Å². The first-order chi connectivity index (χ1) is 12.4. The van der Waals surface area contributed by atoms with Gasteiger partial charge >= 0.3 is 5.69 Å². The lowest BCUT2D eigenvalue weighted by molar-refractivity contribution is -0.151. The number of aliphatic hydroxyl groups is 2. The Kier molecular flexibility index (Phi) is 7.10. The van der Waals surface area contributed by atoms with Crippen LogP contribution in [-0.4, -0.2) is 77.1 Å². The lowest BCUT2D eigenvalue weighted by Gasteiger charge is -2.23. The number of aromatic nitrogens is 2. The first-order valence-corrected chi connectivity index (χ1v) is 8.06. The third kappa shape index (κ3) is 4.59. The second-order valence-electron chi connectivity index (χ2n) is 5.82. The Morgan fingerprint density at radius 2 is 2.19 bits per heavy atom. The maximum atomic E-state index is 12.3. The Labute approximate surface area is 151 Å². The van der Waals surface area contributed by atoms with Gasteiger partial charge in [-0.2, -0.15) is 10.0 Å². The molecule has 1 saturated heterocycles. The Bertz CT molecular complexity index is 726. The van der Waals surface area contributed by atoms with Crippen molar-refractivity contribution in [1.29, 1.82) is 0 Å². The van der Waals surface area contributed by atoms with E-state index in [1.165, 1.54) is 11.3 Å². The van der Waals surface area contributed by atoms with Crippen LogP contribution in [0.3, 0.4) is 0 Å². The van der Waals surface area contributed by atoms with Crippen molar-refractivity contribution in [3.8, 4) is 11.8 Å². The minimum absolute atomic E-state index is 0.00899. The van der Waals surface area contributed by atoms with Crippen LogP contribution >= 0.6 is 0 Å². The molecule has 1 aliphatic heterocycles. The molecule has 0 aromatic carbocycles. The minimum atomic E-state index is -1.13. The zero-order valence-electron chi connectivity index (χ0n) is 15.0. The third-order valence-electron chi connectivity index (χ3n) is 3.75. The molecule has 0 bridgehead atoms. The van der Waals surface area contributed by atoms with Gasteiger partial charge in [0, 0.05) is 20.3 Å². The molecule has 1 aromatic heterocycles. The number of nitrogens with two attached hydrogens (primary N) is 1. The molecule has 144 valence electrons. The van der Waals surface area contributed by atoms with Crippen molar-refractivity contribution >= 4 is 5.82 Å². The highest BCUT2D eigenvalue weighted by Gasteiger charge is 2.45. The molecule has 10 nitrogen and oxygen atoms in total. The van der Waals surface area contributed by atoms with Crippen LogP contribution in [0.2, 0.25) is 0 Å². The average molecular weight is 368 g/mol. The summed E-state index contributed by atoms with van der Waals surface area (Å²) in [6.45, 7) is 1.60. The third-order valence-corrected chi connectivity index (χ3v) is 3.75. The van der Waals surface area contributed by atoms with E-state index in [0.29, 0.717) is 5.56 Å². The molecule has 26 heavy (non-hydrogen) atoms. The normalized spacial score (nSPS) is 25.3. The van der Waals surface area contributed by atoms with Gasteiger partial charge in [0.2, 0.25) is 0 Å². The fraction of sp³-hybridized carbons (Fsp3) is 0.625. The maximum absolute atomic E-state index is 12.3. The van der Waals surface area contributed by atoms with E-state index < -0.39 is 36.8 Å². The summed E-state index contributed by atoms with van der Waals surface area (Å²) in [4.78, 5) is 21.2. The van der Waals surface area contributed by atoms with E-state index >= 15 is 0 Å². The van der Waals surface area contributed by atoms with Crippen LogP contribution in [0.5, 0.6) is 0 Å². The van der Waals surface area contributed by atoms with Gasteiger partial charge in [0.15, 0.2) is 6.23 Å². The Balaban J connectivity index is 2.27. The smallest absolute Gasteiger partial charge is 0.351 e. The molecule has 0 saturated carbocycles. The maximum Gasteiger partial charge on any atom is 0.351 e. The molecular formula is C16H24N4O6. The molecule has 1 aliphatic rings. The lowest BCUT2D eigenvalue weighted by atomic mass is 10.1. The summed E-state index contributed by atoms with van der Waals surface area (Å²) in [5.41, 5.74) is 5.39. The molecule has 2 unspecified atom stereocenters. The zero-order valence-corrected chi connectivity index (χ0v) is 15.0. The largest absolute Gasteiger partial charge is 0.394 e. The van der Waals surface area contributed by atoms with E-state index in [-0.39, 0.29) is 19.0 Å². The molecule has 0 aliphatic carbocycles. The van der Waals surface area contributed by atoms with Crippen LogP contribution < -0.4 is 11.4 Å². The number of aliphatic hydroxyl groups excluding tert-OH is 2. The topological polar surface area (TPSA) is 132 Å². The van der Waals surface area contributed by atoms with Gasteiger partial charge in [-0.05, 0) is 6.92 Å². The first-order valence-electron chi connectivity index (χ1n) is 8.06. The SMILES string of the molecule is CC#Cc1cn([C@@H]2O[C@H](CO)C(O)C2OCCON(C)C)c(=O)nc1N. The van der Waals surface area contributed by atoms with Crippen LogP contribution in [0.1, 0.15) is 18.7 Å². The van der Waals surface area contributed by atoms with Crippen LogP contribution in [0, 0.1) is 11.8 Å². The summed E-state index contributed by atoms with van der Waals surface area (Å²) < 4.78 is 12.4. The quantitative estimate of drug-likeness (QED) is 0.293. The molecule has 2 heterocycles. The molecule has 10 heteroatoms. The molecule has 2 rings (SSSR count). The average Bonchev–Trinajstić information content (AvgIpc) is 2.90.